The van der Waals surface area contributed by atoms with Crippen LogP contribution in [0.15, 0.2) is 98.9 Å². The molecule has 19 heteroatoms. The quantitative estimate of drug-likeness (QED) is 0.0908. The number of hydrogen-bond donors (Lipinski definition) is 4. The fourth-order valence-electron chi connectivity index (χ4n) is 5.94. The van der Waals surface area contributed by atoms with E-state index in [-0.39, 0.29) is 44.6 Å². The summed E-state index contributed by atoms with van der Waals surface area (Å²) in [4.78, 5) is 68.1. The zero-order chi connectivity index (χ0) is 44.9. The van der Waals surface area contributed by atoms with Crippen LogP contribution in [-0.2, 0) is 41.5 Å². The van der Waals surface area contributed by atoms with Crippen molar-refractivity contribution >= 4 is 125 Å². The molecule has 13 nitrogen and oxygen atoms in total. The molecule has 1 aliphatic rings. The van der Waals surface area contributed by atoms with Crippen LogP contribution in [0.4, 0.5) is 16.2 Å². The van der Waals surface area contributed by atoms with Crippen LogP contribution in [0.2, 0.25) is 20.1 Å². The normalized spacial score (nSPS) is 16.1. The van der Waals surface area contributed by atoms with E-state index in [9.17, 15) is 24.0 Å². The van der Waals surface area contributed by atoms with Gasteiger partial charge in [0, 0.05) is 47.6 Å². The molecule has 0 aliphatic carbocycles. The van der Waals surface area contributed by atoms with Gasteiger partial charge in [-0.15, -0.1) is 0 Å². The van der Waals surface area contributed by atoms with Crippen LogP contribution < -0.4 is 26.2 Å². The van der Waals surface area contributed by atoms with Crippen LogP contribution >= 0.6 is 78.3 Å². The second-order valence-corrected chi connectivity index (χ2v) is 17.4. The average molecular weight is 1040 g/mol. The number of nitrogens with zero attached hydrogens (tertiary/aromatic N) is 2. The SMILES string of the molecule is CCOC(=O)CN=C1N[C@](C)(Cc2ccc(Br)cc2)C(=O)N1c1cc(Cl)cc(Cl)c1.CCOC(=O)CNC(=O)N[C@](C)(Cc1ccc(Br)cc1)C(=O)Nc1cc(Cl)cc(Cl)c1. The maximum Gasteiger partial charge on any atom is 0.327 e. The summed E-state index contributed by atoms with van der Waals surface area (Å²) in [6, 6.07) is 23.9. The molecule has 0 unspecified atom stereocenters. The second-order valence-electron chi connectivity index (χ2n) is 13.8. The lowest BCUT2D eigenvalue weighted by atomic mass is 9.91. The number of rotatable bonds is 14. The maximum atomic E-state index is 13.5. The minimum atomic E-state index is -1.36. The Hall–Kier alpha value is -4.38. The van der Waals surface area contributed by atoms with Crippen LogP contribution in [0.5, 0.6) is 0 Å². The maximum absolute atomic E-state index is 13.5. The van der Waals surface area contributed by atoms with E-state index in [0.29, 0.717) is 37.9 Å². The van der Waals surface area contributed by atoms with E-state index < -0.39 is 35.0 Å². The lowest BCUT2D eigenvalue weighted by Crippen LogP contribution is -2.58. The number of anilines is 2. The number of halogens is 6. The molecule has 0 saturated carbocycles. The Morgan fingerprint density at radius 2 is 1.30 bits per heavy atom. The molecule has 1 heterocycles. The van der Waals surface area contributed by atoms with Crippen molar-refractivity contribution in [1.82, 2.24) is 16.0 Å². The third kappa shape index (κ3) is 14.9. The monoisotopic (exact) mass is 1040 g/mol. The van der Waals surface area contributed by atoms with Gasteiger partial charge in [-0.25, -0.2) is 14.7 Å². The molecule has 4 aromatic carbocycles. The Kier molecular flexibility index (Phi) is 18.3. The summed E-state index contributed by atoms with van der Waals surface area (Å²) in [5.74, 6) is -1.53. The number of guanidine groups is 1. The van der Waals surface area contributed by atoms with Crippen LogP contribution in [0.3, 0.4) is 0 Å². The lowest BCUT2D eigenvalue weighted by Gasteiger charge is -2.30. The van der Waals surface area contributed by atoms with Crippen molar-refractivity contribution in [1.29, 1.82) is 0 Å². The highest BCUT2D eigenvalue weighted by Gasteiger charge is 2.47. The van der Waals surface area contributed by atoms with E-state index in [1.807, 2.05) is 48.5 Å². The molecule has 0 radical (unpaired) electrons. The Bertz CT molecular complexity index is 2230. The highest BCUT2D eigenvalue weighted by Crippen LogP contribution is 2.32. The average Bonchev–Trinajstić information content (AvgIpc) is 3.43. The Labute approximate surface area is 390 Å². The smallest absolute Gasteiger partial charge is 0.327 e. The molecule has 4 N–H and O–H groups in total. The molecule has 324 valence electrons. The number of benzene rings is 4. The van der Waals surface area contributed by atoms with Crippen LogP contribution in [0, 0.1) is 0 Å². The molecule has 0 bridgehead atoms. The van der Waals surface area contributed by atoms with E-state index in [1.165, 1.54) is 4.90 Å². The second kappa shape index (κ2) is 22.6. The topological polar surface area (TPSA) is 168 Å². The summed E-state index contributed by atoms with van der Waals surface area (Å²) in [7, 11) is 0. The fourth-order valence-corrected chi connectivity index (χ4v) is 7.51. The first-order valence-electron chi connectivity index (χ1n) is 18.6. The van der Waals surface area contributed by atoms with E-state index in [2.05, 4.69) is 58.1 Å². The first-order chi connectivity index (χ1) is 28.8. The standard InChI is InChI=1S/C21H22BrCl2N3O4.C21H20BrCl2N3O3/c1-3-31-18(28)12-25-20(30)27-21(2,11-13-4-6-14(22)7-5-13)19(29)26-17-9-15(23)8-16(24)10-17;1-3-30-18(28)12-25-20-26-21(2,11-13-4-6-14(22)7-5-13)19(29)27(20)17-9-15(23)8-16(24)10-17/h4-10H,3,11-12H2,1-2H3,(H,26,29)(H2,25,27,30);4-10H,3,11-12H2,1-2H3,(H,25,26)/t2*21-/m11/s1. The van der Waals surface area contributed by atoms with Crippen LogP contribution in [0.25, 0.3) is 0 Å². The third-order valence-corrected chi connectivity index (χ3v) is 10.6. The molecule has 1 aliphatic heterocycles. The van der Waals surface area contributed by atoms with Gasteiger partial charge in [-0.2, -0.15) is 0 Å². The van der Waals surface area contributed by atoms with Crippen molar-refractivity contribution in [3.8, 4) is 0 Å². The number of aliphatic imine (C=N–C) groups is 1. The summed E-state index contributed by atoms with van der Waals surface area (Å²) < 4.78 is 11.6. The molecule has 61 heavy (non-hydrogen) atoms. The molecular weight excluding hydrogens is 1000 g/mol. The predicted octanol–water partition coefficient (Wildman–Crippen LogP) is 9.17. The molecule has 1 fully saturated rings. The van der Waals surface area contributed by atoms with Crippen molar-refractivity contribution < 1.29 is 33.4 Å². The van der Waals surface area contributed by atoms with Gasteiger partial charge in [0.15, 0.2) is 0 Å². The van der Waals surface area contributed by atoms with Gasteiger partial charge < -0.3 is 30.7 Å². The number of carbonyl (C=O) groups is 5. The highest BCUT2D eigenvalue weighted by atomic mass is 79.9. The number of carbonyl (C=O) groups excluding carboxylic acids is 5. The highest BCUT2D eigenvalue weighted by molar-refractivity contribution is 9.10. The van der Waals surface area contributed by atoms with Gasteiger partial charge in [0.1, 0.15) is 24.2 Å². The van der Waals surface area contributed by atoms with E-state index in [1.54, 1.807) is 64.1 Å². The molecule has 1 saturated heterocycles. The minimum absolute atomic E-state index is 0.188. The predicted molar refractivity (Wildman–Crippen MR) is 247 cm³/mol. The van der Waals surface area contributed by atoms with Gasteiger partial charge in [0.25, 0.3) is 5.91 Å². The minimum Gasteiger partial charge on any atom is -0.465 e. The summed E-state index contributed by atoms with van der Waals surface area (Å²) >= 11 is 31.1. The molecule has 2 atom stereocenters. The summed E-state index contributed by atoms with van der Waals surface area (Å²) in [5, 5.41) is 12.5. The van der Waals surface area contributed by atoms with E-state index in [0.717, 1.165) is 20.1 Å². The summed E-state index contributed by atoms with van der Waals surface area (Å²) in [5.41, 5.74) is 0.302. The number of amides is 4. The molecule has 0 aromatic heterocycles. The fraction of sp³-hybridized carbons (Fsp3) is 0.286. The first-order valence-corrected chi connectivity index (χ1v) is 21.7. The third-order valence-electron chi connectivity index (χ3n) is 8.69. The number of ether oxygens (including phenoxy) is 2. The Morgan fingerprint density at radius 3 is 1.84 bits per heavy atom. The van der Waals surface area contributed by atoms with Crippen molar-refractivity contribution in [2.24, 2.45) is 4.99 Å². The summed E-state index contributed by atoms with van der Waals surface area (Å²) in [6.45, 7) is 6.68. The number of esters is 2. The van der Waals surface area contributed by atoms with Gasteiger partial charge in [0.05, 0.1) is 18.9 Å². The van der Waals surface area contributed by atoms with E-state index in [4.69, 9.17) is 55.9 Å². The zero-order valence-electron chi connectivity index (χ0n) is 33.3. The van der Waals surface area contributed by atoms with Gasteiger partial charge >= 0.3 is 18.0 Å². The Balaban J connectivity index is 0.000000269. The van der Waals surface area contributed by atoms with Crippen molar-refractivity contribution in [3.63, 3.8) is 0 Å². The van der Waals surface area contributed by atoms with Crippen molar-refractivity contribution in [3.05, 3.63) is 125 Å². The van der Waals surface area contributed by atoms with Crippen LogP contribution in [0.1, 0.15) is 38.8 Å². The van der Waals surface area contributed by atoms with Gasteiger partial charge in [-0.1, -0.05) is 103 Å². The van der Waals surface area contributed by atoms with Crippen molar-refractivity contribution in [2.45, 2.75) is 51.6 Å². The first kappa shape index (κ1) is 49.3. The molecule has 5 rings (SSSR count). The van der Waals surface area contributed by atoms with Crippen molar-refractivity contribution in [2.75, 3.05) is 36.5 Å². The Morgan fingerprint density at radius 1 is 0.787 bits per heavy atom. The molecular formula is C42H42Br2Cl4N6O7. The molecule has 4 amide bonds. The number of hydrogen-bond acceptors (Lipinski definition) is 8. The van der Waals surface area contributed by atoms with E-state index >= 15 is 0 Å². The molecule has 4 aromatic rings. The largest absolute Gasteiger partial charge is 0.465 e. The number of nitrogens with one attached hydrogen (secondary N) is 4. The molecule has 0 spiro atoms. The summed E-state index contributed by atoms with van der Waals surface area (Å²) in [6.07, 6.45) is 0.607. The van der Waals surface area contributed by atoms with Gasteiger partial charge in [-0.05, 0) is 99.5 Å². The van der Waals surface area contributed by atoms with Gasteiger partial charge in [-0.3, -0.25) is 19.2 Å². The zero-order valence-corrected chi connectivity index (χ0v) is 39.5. The number of urea groups is 1. The van der Waals surface area contributed by atoms with Crippen LogP contribution in [-0.4, -0.2) is 73.1 Å². The lowest BCUT2D eigenvalue weighted by molar-refractivity contribution is -0.142. The van der Waals surface area contributed by atoms with Gasteiger partial charge in [0.2, 0.25) is 11.9 Å².